The zero-order valence-electron chi connectivity index (χ0n) is 21.1. The molecule has 0 aromatic heterocycles. The molecule has 1 aliphatic rings. The summed E-state index contributed by atoms with van der Waals surface area (Å²) in [4.78, 5) is 38.7. The number of carboxylic acids is 1. The molecule has 196 valence electrons. The summed E-state index contributed by atoms with van der Waals surface area (Å²) in [6.07, 6.45) is 4.49. The molecule has 0 saturated carbocycles. The summed E-state index contributed by atoms with van der Waals surface area (Å²) in [6, 6.07) is 24.6. The third kappa shape index (κ3) is 6.02. The van der Waals surface area contributed by atoms with Gasteiger partial charge >= 0.3 is 5.97 Å². The van der Waals surface area contributed by atoms with Gasteiger partial charge in [0.25, 0.3) is 5.91 Å². The van der Waals surface area contributed by atoms with E-state index < -0.39 is 5.97 Å². The number of anilines is 1. The number of hydrogen-bond acceptors (Lipinski definition) is 5. The lowest BCUT2D eigenvalue weighted by Gasteiger charge is -2.14. The number of rotatable bonds is 9. The monoisotopic (exact) mass is 554 g/mol. The molecule has 39 heavy (non-hydrogen) atoms. The number of amides is 2. The van der Waals surface area contributed by atoms with Gasteiger partial charge < -0.3 is 10.4 Å². The Kier molecular flexibility index (Phi) is 8.05. The van der Waals surface area contributed by atoms with Gasteiger partial charge in [-0.05, 0) is 76.4 Å². The van der Waals surface area contributed by atoms with E-state index in [1.165, 1.54) is 23.9 Å². The molecule has 0 aliphatic carbocycles. The molecule has 0 spiro atoms. The number of fused-ring (bicyclic) bond motifs is 2. The second kappa shape index (κ2) is 11.8. The number of aromatic carboxylic acids is 1. The molecule has 1 fully saturated rings. The summed E-state index contributed by atoms with van der Waals surface area (Å²) in [6.45, 7) is 0.510. The largest absolute Gasteiger partial charge is 0.478 e. The van der Waals surface area contributed by atoms with Crippen molar-refractivity contribution in [2.75, 3.05) is 11.9 Å². The molecule has 8 heteroatoms. The maximum Gasteiger partial charge on any atom is 0.335 e. The first-order valence-electron chi connectivity index (χ1n) is 12.7. The Bertz CT molecular complexity index is 1580. The van der Waals surface area contributed by atoms with Gasteiger partial charge in [0.05, 0.1) is 10.5 Å². The third-order valence-electron chi connectivity index (χ3n) is 6.66. The van der Waals surface area contributed by atoms with Gasteiger partial charge in [0.15, 0.2) is 0 Å². The first-order chi connectivity index (χ1) is 18.9. The van der Waals surface area contributed by atoms with Gasteiger partial charge in [0, 0.05) is 18.7 Å². The minimum absolute atomic E-state index is 0.0791. The van der Waals surface area contributed by atoms with E-state index in [0.717, 1.165) is 39.9 Å². The van der Waals surface area contributed by atoms with Gasteiger partial charge in [0.1, 0.15) is 4.32 Å². The van der Waals surface area contributed by atoms with E-state index in [4.69, 9.17) is 17.3 Å². The zero-order valence-corrected chi connectivity index (χ0v) is 22.7. The van der Waals surface area contributed by atoms with E-state index in [1.54, 1.807) is 17.0 Å². The minimum Gasteiger partial charge on any atom is -0.478 e. The molecular weight excluding hydrogens is 528 g/mol. The van der Waals surface area contributed by atoms with E-state index in [0.29, 0.717) is 34.3 Å². The molecule has 6 nitrogen and oxygen atoms in total. The molecular formula is C31H26N2O4S2. The molecule has 2 N–H and O–H groups in total. The molecule has 0 atom stereocenters. The molecule has 4 aromatic carbocycles. The number of carbonyl (C=O) groups excluding carboxylic acids is 2. The van der Waals surface area contributed by atoms with E-state index >= 15 is 0 Å². The van der Waals surface area contributed by atoms with Crippen LogP contribution in [0.1, 0.15) is 41.6 Å². The van der Waals surface area contributed by atoms with Crippen molar-refractivity contribution < 1.29 is 19.5 Å². The lowest BCUT2D eigenvalue weighted by atomic mass is 9.96. The van der Waals surface area contributed by atoms with Gasteiger partial charge in [-0.25, -0.2) is 4.79 Å². The van der Waals surface area contributed by atoms with Crippen LogP contribution in [0.3, 0.4) is 0 Å². The molecule has 1 heterocycles. The van der Waals surface area contributed by atoms with Crippen LogP contribution in [0.15, 0.2) is 83.8 Å². The smallest absolute Gasteiger partial charge is 0.335 e. The Morgan fingerprint density at radius 1 is 0.897 bits per heavy atom. The Labute approximate surface area is 235 Å². The first-order valence-corrected chi connectivity index (χ1v) is 13.9. The molecule has 0 bridgehead atoms. The quantitative estimate of drug-likeness (QED) is 0.0994. The number of carbonyl (C=O) groups is 3. The number of hydrogen-bond donors (Lipinski definition) is 2. The maximum absolute atomic E-state index is 13.3. The average Bonchev–Trinajstić information content (AvgIpc) is 3.20. The number of unbranched alkanes of at least 4 members (excludes halogenated alkanes) is 2. The molecule has 0 radical (unpaired) electrons. The predicted octanol–water partition coefficient (Wildman–Crippen LogP) is 7.09. The van der Waals surface area contributed by atoms with Crippen molar-refractivity contribution in [1.29, 1.82) is 0 Å². The van der Waals surface area contributed by atoms with Crippen molar-refractivity contribution in [3.05, 3.63) is 94.9 Å². The van der Waals surface area contributed by atoms with E-state index in [1.807, 2.05) is 30.3 Å². The lowest BCUT2D eigenvalue weighted by Crippen LogP contribution is -2.29. The number of benzene rings is 4. The number of carboxylic acid groups (broad SMARTS) is 1. The van der Waals surface area contributed by atoms with Crippen LogP contribution in [0, 0.1) is 0 Å². The van der Waals surface area contributed by atoms with Crippen molar-refractivity contribution in [1.82, 2.24) is 4.90 Å². The minimum atomic E-state index is -1.01. The van der Waals surface area contributed by atoms with Crippen molar-refractivity contribution in [2.45, 2.75) is 25.7 Å². The fourth-order valence-corrected chi connectivity index (χ4v) is 5.97. The Hall–Kier alpha value is -4.01. The lowest BCUT2D eigenvalue weighted by molar-refractivity contribution is -0.122. The SMILES string of the molecule is O=C(CCCCCN1C(=O)/C(=C/c2c3ccccc3cc3ccccc23)SC1=S)Nc1ccc(C(=O)O)cc1. The number of nitrogens with zero attached hydrogens (tertiary/aromatic N) is 1. The summed E-state index contributed by atoms with van der Waals surface area (Å²) in [5.41, 5.74) is 1.75. The second-order valence-corrected chi connectivity index (χ2v) is 11.0. The summed E-state index contributed by atoms with van der Waals surface area (Å²) in [7, 11) is 0. The van der Waals surface area contributed by atoms with Gasteiger partial charge in [0.2, 0.25) is 5.91 Å². The number of nitrogens with one attached hydrogen (secondary N) is 1. The number of thioether (sulfide) groups is 1. The van der Waals surface area contributed by atoms with Crippen LogP contribution in [-0.2, 0) is 9.59 Å². The van der Waals surface area contributed by atoms with Crippen LogP contribution in [-0.4, -0.2) is 38.7 Å². The van der Waals surface area contributed by atoms with Gasteiger partial charge in [-0.1, -0.05) is 78.9 Å². The Balaban J connectivity index is 1.18. The topological polar surface area (TPSA) is 86.7 Å². The highest BCUT2D eigenvalue weighted by atomic mass is 32.2. The Morgan fingerprint density at radius 2 is 1.54 bits per heavy atom. The van der Waals surface area contributed by atoms with Crippen molar-refractivity contribution >= 4 is 79.4 Å². The number of thiocarbonyl (C=S) groups is 1. The highest BCUT2D eigenvalue weighted by Gasteiger charge is 2.31. The predicted molar refractivity (Wildman–Crippen MR) is 162 cm³/mol. The Morgan fingerprint density at radius 3 is 2.18 bits per heavy atom. The molecule has 1 aliphatic heterocycles. The van der Waals surface area contributed by atoms with Crippen LogP contribution in [0.5, 0.6) is 0 Å². The molecule has 4 aromatic rings. The third-order valence-corrected chi connectivity index (χ3v) is 8.04. The van der Waals surface area contributed by atoms with Crippen LogP contribution in [0.25, 0.3) is 27.6 Å². The normalized spacial score (nSPS) is 14.5. The molecule has 2 amide bonds. The summed E-state index contributed by atoms with van der Waals surface area (Å²) in [5.74, 6) is -1.22. The zero-order chi connectivity index (χ0) is 27.4. The highest BCUT2D eigenvalue weighted by molar-refractivity contribution is 8.26. The van der Waals surface area contributed by atoms with Gasteiger partial charge in [-0.3, -0.25) is 14.5 Å². The second-order valence-electron chi connectivity index (χ2n) is 9.31. The van der Waals surface area contributed by atoms with Crippen molar-refractivity contribution in [3.8, 4) is 0 Å². The fourth-order valence-electron chi connectivity index (χ4n) is 4.68. The first kappa shape index (κ1) is 26.6. The van der Waals surface area contributed by atoms with Gasteiger partial charge in [-0.2, -0.15) is 0 Å². The summed E-state index contributed by atoms with van der Waals surface area (Å²) >= 11 is 6.88. The molecule has 1 saturated heterocycles. The summed E-state index contributed by atoms with van der Waals surface area (Å²) < 4.78 is 0.554. The molecule has 5 rings (SSSR count). The average molecular weight is 555 g/mol. The van der Waals surface area contributed by atoms with Gasteiger partial charge in [-0.15, -0.1) is 0 Å². The van der Waals surface area contributed by atoms with Crippen LogP contribution >= 0.6 is 24.0 Å². The standard InChI is InChI=1S/C31H26N2O4S2/c34-28(32-23-15-13-20(14-16-23)30(36)37)12-2-1-7-17-33-29(35)27(39-31(33)38)19-26-24-10-5-3-8-21(24)18-22-9-4-6-11-25(22)26/h3-6,8-11,13-16,18-19H,1-2,7,12,17H2,(H,32,34)(H,36,37)/b27-19-. The fraction of sp³-hybridized carbons (Fsp3) is 0.161. The van der Waals surface area contributed by atoms with Crippen molar-refractivity contribution in [3.63, 3.8) is 0 Å². The van der Waals surface area contributed by atoms with E-state index in [2.05, 4.69) is 35.6 Å². The molecule has 0 unspecified atom stereocenters. The highest BCUT2D eigenvalue weighted by Crippen LogP contribution is 2.36. The summed E-state index contributed by atoms with van der Waals surface area (Å²) in [5, 5.41) is 16.2. The van der Waals surface area contributed by atoms with Crippen molar-refractivity contribution in [2.24, 2.45) is 0 Å². The van der Waals surface area contributed by atoms with Crippen LogP contribution in [0.2, 0.25) is 0 Å². The van der Waals surface area contributed by atoms with E-state index in [9.17, 15) is 14.4 Å². The van der Waals surface area contributed by atoms with Crippen LogP contribution in [0.4, 0.5) is 5.69 Å². The maximum atomic E-state index is 13.3. The van der Waals surface area contributed by atoms with Crippen LogP contribution < -0.4 is 5.32 Å². The van der Waals surface area contributed by atoms with E-state index in [-0.39, 0.29) is 17.4 Å².